The van der Waals surface area contributed by atoms with Crippen LogP contribution < -0.4 is 10.6 Å². The molecule has 2 rings (SSSR count). The molecule has 0 radical (unpaired) electrons. The zero-order valence-electron chi connectivity index (χ0n) is 12.8. The molecule has 0 unspecified atom stereocenters. The van der Waals surface area contributed by atoms with Crippen LogP contribution in [0.3, 0.4) is 0 Å². The number of amides is 1. The van der Waals surface area contributed by atoms with Crippen LogP contribution in [0.2, 0.25) is 0 Å². The number of benzene rings is 2. The quantitative estimate of drug-likeness (QED) is 0.689. The molecule has 3 N–H and O–H groups in total. The fraction of sp³-hybridized carbons (Fsp3) is 0.278. The van der Waals surface area contributed by atoms with Crippen molar-refractivity contribution in [1.82, 2.24) is 5.32 Å². The lowest BCUT2D eigenvalue weighted by atomic mass is 10.1. The van der Waals surface area contributed by atoms with E-state index in [1.54, 1.807) is 6.07 Å². The summed E-state index contributed by atoms with van der Waals surface area (Å²) in [7, 11) is 0. The summed E-state index contributed by atoms with van der Waals surface area (Å²) in [5, 5.41) is 15.9. The molecule has 2 aromatic rings. The van der Waals surface area contributed by atoms with Crippen molar-refractivity contribution in [3.05, 3.63) is 59.7 Å². The number of carbonyl (C=O) groups is 1. The second-order valence-electron chi connectivity index (χ2n) is 5.22. The van der Waals surface area contributed by atoms with Crippen molar-refractivity contribution in [2.75, 3.05) is 18.4 Å². The van der Waals surface area contributed by atoms with Gasteiger partial charge in [-0.05, 0) is 49.2 Å². The number of anilines is 1. The Hall–Kier alpha value is -2.33. The molecule has 0 aromatic heterocycles. The maximum Gasteiger partial charge on any atom is 0.221 e. The van der Waals surface area contributed by atoms with Gasteiger partial charge in [-0.2, -0.15) is 0 Å². The van der Waals surface area contributed by atoms with E-state index in [-0.39, 0.29) is 5.91 Å². The van der Waals surface area contributed by atoms with Crippen LogP contribution in [0, 0.1) is 0 Å². The zero-order valence-corrected chi connectivity index (χ0v) is 12.8. The lowest BCUT2D eigenvalue weighted by molar-refractivity contribution is -0.114. The van der Waals surface area contributed by atoms with Crippen LogP contribution >= 0.6 is 0 Å². The number of nitrogens with one attached hydrogen (secondary N) is 2. The Morgan fingerprint density at radius 3 is 2.23 bits per heavy atom. The van der Waals surface area contributed by atoms with Crippen LogP contribution in [0.25, 0.3) is 0 Å². The van der Waals surface area contributed by atoms with Crippen molar-refractivity contribution in [2.45, 2.75) is 19.8 Å². The number of hydrogen-bond acceptors (Lipinski definition) is 3. The maximum atomic E-state index is 11.2. The molecule has 116 valence electrons. The highest BCUT2D eigenvalue weighted by Crippen LogP contribution is 2.16. The van der Waals surface area contributed by atoms with E-state index in [0.29, 0.717) is 5.75 Å². The fourth-order valence-corrected chi connectivity index (χ4v) is 2.34. The first kappa shape index (κ1) is 16.0. The Kier molecular flexibility index (Phi) is 5.98. The molecule has 0 aliphatic heterocycles. The van der Waals surface area contributed by atoms with E-state index in [0.717, 1.165) is 42.7 Å². The third-order valence-electron chi connectivity index (χ3n) is 3.46. The second kappa shape index (κ2) is 8.20. The molecule has 22 heavy (non-hydrogen) atoms. The van der Waals surface area contributed by atoms with Gasteiger partial charge in [-0.3, -0.25) is 4.79 Å². The van der Waals surface area contributed by atoms with E-state index in [9.17, 15) is 9.90 Å². The number of hydrogen-bond donors (Lipinski definition) is 3. The van der Waals surface area contributed by atoms with Crippen molar-refractivity contribution in [3.63, 3.8) is 0 Å². The number of carbonyl (C=O) groups excluding carboxylic acids is 1. The zero-order chi connectivity index (χ0) is 15.8. The van der Waals surface area contributed by atoms with Gasteiger partial charge in [-0.25, -0.2) is 0 Å². The minimum atomic E-state index is -0.0556. The van der Waals surface area contributed by atoms with Crippen LogP contribution in [-0.2, 0) is 17.6 Å². The molecule has 0 bridgehead atoms. The Bertz CT molecular complexity index is 626. The largest absolute Gasteiger partial charge is 0.508 e. The minimum Gasteiger partial charge on any atom is -0.508 e. The van der Waals surface area contributed by atoms with Gasteiger partial charge in [-0.15, -0.1) is 0 Å². The lowest BCUT2D eigenvalue weighted by Gasteiger charge is -2.10. The second-order valence-corrected chi connectivity index (χ2v) is 5.22. The predicted octanol–water partition coefficient (Wildman–Crippen LogP) is 2.73. The Balaban J connectivity index is 1.77. The molecule has 0 saturated carbocycles. The molecule has 0 heterocycles. The molecule has 4 nitrogen and oxygen atoms in total. The molecule has 0 saturated heterocycles. The molecule has 0 aliphatic carbocycles. The summed E-state index contributed by atoms with van der Waals surface area (Å²) in [5.74, 6) is 0.292. The van der Waals surface area contributed by atoms with Crippen LogP contribution in [0.5, 0.6) is 5.75 Å². The SMILES string of the molecule is CC(=O)Nc1ccccc1CCNCCc1ccccc1O. The highest BCUT2D eigenvalue weighted by molar-refractivity contribution is 5.89. The number of phenolic OH excluding ortho intramolecular Hbond substituents is 1. The van der Waals surface area contributed by atoms with Crippen molar-refractivity contribution in [1.29, 1.82) is 0 Å². The summed E-state index contributed by atoms with van der Waals surface area (Å²) in [6.45, 7) is 3.14. The summed E-state index contributed by atoms with van der Waals surface area (Å²) < 4.78 is 0. The fourth-order valence-electron chi connectivity index (χ4n) is 2.34. The van der Waals surface area contributed by atoms with Crippen LogP contribution in [-0.4, -0.2) is 24.1 Å². The van der Waals surface area contributed by atoms with Crippen LogP contribution in [0.4, 0.5) is 5.69 Å². The van der Waals surface area contributed by atoms with Crippen LogP contribution in [0.1, 0.15) is 18.1 Å². The topological polar surface area (TPSA) is 61.4 Å². The van der Waals surface area contributed by atoms with E-state index < -0.39 is 0 Å². The molecular formula is C18H22N2O2. The minimum absolute atomic E-state index is 0.0556. The lowest BCUT2D eigenvalue weighted by Crippen LogP contribution is -2.20. The number of para-hydroxylation sites is 2. The molecule has 1 amide bonds. The molecule has 0 aliphatic rings. The normalized spacial score (nSPS) is 10.4. The Morgan fingerprint density at radius 2 is 1.55 bits per heavy atom. The predicted molar refractivity (Wildman–Crippen MR) is 89.1 cm³/mol. The van der Waals surface area contributed by atoms with Gasteiger partial charge >= 0.3 is 0 Å². The van der Waals surface area contributed by atoms with Gasteiger partial charge in [0.15, 0.2) is 0 Å². The van der Waals surface area contributed by atoms with Crippen molar-refractivity contribution < 1.29 is 9.90 Å². The Labute approximate surface area is 131 Å². The summed E-state index contributed by atoms with van der Waals surface area (Å²) in [4.78, 5) is 11.2. The smallest absolute Gasteiger partial charge is 0.221 e. The van der Waals surface area contributed by atoms with E-state index >= 15 is 0 Å². The first-order valence-corrected chi connectivity index (χ1v) is 7.50. The van der Waals surface area contributed by atoms with Crippen molar-refractivity contribution >= 4 is 11.6 Å². The standard InChI is InChI=1S/C18H22N2O2/c1-14(21)20-17-8-4-2-6-15(17)10-12-19-13-11-16-7-3-5-9-18(16)22/h2-9,19,22H,10-13H2,1H3,(H,20,21). The van der Waals surface area contributed by atoms with E-state index in [2.05, 4.69) is 10.6 Å². The maximum absolute atomic E-state index is 11.2. The van der Waals surface area contributed by atoms with Crippen LogP contribution in [0.15, 0.2) is 48.5 Å². The van der Waals surface area contributed by atoms with Gasteiger partial charge in [-0.1, -0.05) is 36.4 Å². The molecule has 0 spiro atoms. The number of aromatic hydroxyl groups is 1. The highest BCUT2D eigenvalue weighted by atomic mass is 16.3. The summed E-state index contributed by atoms with van der Waals surface area (Å²) in [5.41, 5.74) is 2.94. The number of rotatable bonds is 7. The van der Waals surface area contributed by atoms with Crippen molar-refractivity contribution in [3.8, 4) is 5.75 Å². The molecule has 4 heteroatoms. The Morgan fingerprint density at radius 1 is 0.955 bits per heavy atom. The van der Waals surface area contributed by atoms with Gasteiger partial charge in [0, 0.05) is 12.6 Å². The van der Waals surface area contributed by atoms with Gasteiger partial charge in [0.1, 0.15) is 5.75 Å². The first-order chi connectivity index (χ1) is 10.7. The van der Waals surface area contributed by atoms with Gasteiger partial charge in [0.05, 0.1) is 0 Å². The van der Waals surface area contributed by atoms with Gasteiger partial charge in [0.25, 0.3) is 0 Å². The third-order valence-corrected chi connectivity index (χ3v) is 3.46. The van der Waals surface area contributed by atoms with E-state index in [4.69, 9.17) is 0 Å². The van der Waals surface area contributed by atoms with E-state index in [1.165, 1.54) is 6.92 Å². The molecule has 2 aromatic carbocycles. The third kappa shape index (κ3) is 4.90. The van der Waals surface area contributed by atoms with Gasteiger partial charge in [0.2, 0.25) is 5.91 Å². The summed E-state index contributed by atoms with van der Waals surface area (Å²) in [6.07, 6.45) is 1.64. The summed E-state index contributed by atoms with van der Waals surface area (Å²) >= 11 is 0. The summed E-state index contributed by atoms with van der Waals surface area (Å²) in [6, 6.07) is 15.2. The average molecular weight is 298 g/mol. The van der Waals surface area contributed by atoms with E-state index in [1.807, 2.05) is 42.5 Å². The molecular weight excluding hydrogens is 276 g/mol. The monoisotopic (exact) mass is 298 g/mol. The number of phenols is 1. The average Bonchev–Trinajstić information content (AvgIpc) is 2.50. The molecule has 0 atom stereocenters. The first-order valence-electron chi connectivity index (χ1n) is 7.50. The van der Waals surface area contributed by atoms with Gasteiger partial charge < -0.3 is 15.7 Å². The highest BCUT2D eigenvalue weighted by Gasteiger charge is 2.03. The van der Waals surface area contributed by atoms with Crippen molar-refractivity contribution in [2.24, 2.45) is 0 Å². The molecule has 0 fully saturated rings.